The summed E-state index contributed by atoms with van der Waals surface area (Å²) in [6.07, 6.45) is 2.63. The highest BCUT2D eigenvalue weighted by atomic mass is 35.5. The van der Waals surface area contributed by atoms with Crippen LogP contribution < -0.4 is 21.2 Å². The van der Waals surface area contributed by atoms with E-state index in [2.05, 4.69) is 17.7 Å². The highest BCUT2D eigenvalue weighted by molar-refractivity contribution is 6.33. The molecule has 1 spiro atoms. The molecule has 0 atom stereocenters. The van der Waals surface area contributed by atoms with Gasteiger partial charge in [-0.05, 0) is 37.7 Å². The summed E-state index contributed by atoms with van der Waals surface area (Å²) in [7, 11) is 1.34. The fourth-order valence-corrected chi connectivity index (χ4v) is 3.74. The van der Waals surface area contributed by atoms with E-state index < -0.39 is 36.0 Å². The van der Waals surface area contributed by atoms with Gasteiger partial charge in [0.15, 0.2) is 6.61 Å². The minimum absolute atomic E-state index is 0.0187. The number of benzene rings is 1. The number of nitrogens with two attached hydrogens (primary N) is 1. The molecule has 0 radical (unpaired) electrons. The van der Waals surface area contributed by atoms with Gasteiger partial charge in [0.2, 0.25) is 0 Å². The first-order valence-corrected chi connectivity index (χ1v) is 9.81. The molecule has 1 saturated carbocycles. The van der Waals surface area contributed by atoms with Gasteiger partial charge in [-0.25, -0.2) is 9.59 Å². The van der Waals surface area contributed by atoms with Crippen molar-refractivity contribution in [3.63, 3.8) is 0 Å². The second kappa shape index (κ2) is 8.39. The predicted octanol–water partition coefficient (Wildman–Crippen LogP) is 1.62. The number of halogens is 1. The Morgan fingerprint density at radius 2 is 2.00 bits per heavy atom. The monoisotopic (exact) mass is 438 g/mol. The first kappa shape index (κ1) is 21.7. The Morgan fingerprint density at radius 3 is 2.63 bits per heavy atom. The van der Waals surface area contributed by atoms with Crippen LogP contribution in [0.3, 0.4) is 0 Å². The van der Waals surface area contributed by atoms with Crippen LogP contribution in [-0.2, 0) is 14.3 Å². The van der Waals surface area contributed by atoms with E-state index >= 15 is 0 Å². The molecule has 1 aromatic carbocycles. The molecule has 11 heteroatoms. The van der Waals surface area contributed by atoms with Gasteiger partial charge in [-0.1, -0.05) is 18.5 Å². The fourth-order valence-electron chi connectivity index (χ4n) is 3.58. The summed E-state index contributed by atoms with van der Waals surface area (Å²) < 4.78 is 10.0. The van der Waals surface area contributed by atoms with E-state index in [4.69, 9.17) is 26.8 Å². The highest BCUT2D eigenvalue weighted by Gasteiger charge is 2.52. The maximum absolute atomic E-state index is 12.7. The van der Waals surface area contributed by atoms with Crippen molar-refractivity contribution in [3.8, 4) is 5.75 Å². The maximum atomic E-state index is 12.7. The third kappa shape index (κ3) is 4.13. The van der Waals surface area contributed by atoms with Crippen molar-refractivity contribution in [1.29, 1.82) is 0 Å². The van der Waals surface area contributed by atoms with Crippen LogP contribution in [-0.4, -0.2) is 48.1 Å². The highest BCUT2D eigenvalue weighted by Crippen LogP contribution is 2.35. The van der Waals surface area contributed by atoms with Crippen molar-refractivity contribution in [2.45, 2.75) is 38.1 Å². The number of esters is 1. The number of amides is 4. The van der Waals surface area contributed by atoms with Crippen molar-refractivity contribution in [2.24, 2.45) is 5.92 Å². The topological polar surface area (TPSA) is 140 Å². The quantitative estimate of drug-likeness (QED) is 0.360. The van der Waals surface area contributed by atoms with Crippen LogP contribution >= 0.6 is 11.6 Å². The van der Waals surface area contributed by atoms with Crippen molar-refractivity contribution < 1.29 is 28.7 Å². The van der Waals surface area contributed by atoms with Crippen LogP contribution in [0.4, 0.5) is 10.5 Å². The molecule has 0 bridgehead atoms. The third-order valence-electron chi connectivity index (χ3n) is 5.40. The normalized spacial score (nSPS) is 23.3. The number of rotatable bonds is 5. The van der Waals surface area contributed by atoms with E-state index in [1.54, 1.807) is 0 Å². The lowest BCUT2D eigenvalue weighted by Crippen LogP contribution is -2.52. The van der Waals surface area contributed by atoms with Crippen molar-refractivity contribution in [1.82, 2.24) is 15.8 Å². The molecule has 1 heterocycles. The summed E-state index contributed by atoms with van der Waals surface area (Å²) in [5, 5.41) is 3.45. The number of imide groups is 1. The molecular weight excluding hydrogens is 416 g/mol. The molecule has 0 unspecified atom stereocenters. The van der Waals surface area contributed by atoms with Gasteiger partial charge in [-0.3, -0.25) is 15.0 Å². The van der Waals surface area contributed by atoms with Crippen molar-refractivity contribution in [3.05, 3.63) is 22.7 Å². The summed E-state index contributed by atoms with van der Waals surface area (Å²) in [5.41, 5.74) is 7.08. The molecule has 1 aliphatic heterocycles. The zero-order valence-corrected chi connectivity index (χ0v) is 17.4. The van der Waals surface area contributed by atoms with Gasteiger partial charge < -0.3 is 20.5 Å². The van der Waals surface area contributed by atoms with Crippen molar-refractivity contribution in [2.75, 3.05) is 19.5 Å². The average molecular weight is 439 g/mol. The van der Waals surface area contributed by atoms with Gasteiger partial charge >= 0.3 is 12.0 Å². The second-order valence-electron chi connectivity index (χ2n) is 7.52. The Morgan fingerprint density at radius 1 is 1.33 bits per heavy atom. The molecule has 1 saturated heterocycles. The standard InChI is InChI=1S/C19H23ClN4O6/c1-10-3-5-19(6-4-10)17(27)24(18(28)22-19)23-15(25)9-30-16(26)11-7-12(20)13(21)8-14(11)29-2/h7-8,10H,3-6,9,21H2,1-2H3,(H,22,28)(H,23,25). The van der Waals surface area contributed by atoms with E-state index in [-0.39, 0.29) is 22.0 Å². The van der Waals surface area contributed by atoms with E-state index in [0.717, 1.165) is 12.8 Å². The third-order valence-corrected chi connectivity index (χ3v) is 5.73. The van der Waals surface area contributed by atoms with Gasteiger partial charge in [0.1, 0.15) is 16.9 Å². The number of methoxy groups -OCH3 is 1. The molecule has 2 aliphatic rings. The average Bonchev–Trinajstić information content (AvgIpc) is 2.94. The van der Waals surface area contributed by atoms with Gasteiger partial charge in [-0.15, -0.1) is 0 Å². The van der Waals surface area contributed by atoms with Gasteiger partial charge in [0.05, 0.1) is 17.8 Å². The predicted molar refractivity (Wildman–Crippen MR) is 107 cm³/mol. The first-order chi connectivity index (χ1) is 14.2. The van der Waals surface area contributed by atoms with Gasteiger partial charge in [0.25, 0.3) is 11.8 Å². The number of nitrogens with zero attached hydrogens (tertiary/aromatic N) is 1. The van der Waals surface area contributed by atoms with Crippen molar-refractivity contribution >= 4 is 41.1 Å². The number of urea groups is 1. The van der Waals surface area contributed by atoms with Crippen LogP contribution in [0.2, 0.25) is 5.02 Å². The van der Waals surface area contributed by atoms with Crippen LogP contribution in [0.15, 0.2) is 12.1 Å². The summed E-state index contributed by atoms with van der Waals surface area (Å²) in [4.78, 5) is 49.4. The van der Waals surface area contributed by atoms with Crippen LogP contribution in [0, 0.1) is 5.92 Å². The molecule has 2 fully saturated rings. The zero-order chi connectivity index (χ0) is 22.1. The molecule has 4 N–H and O–H groups in total. The number of nitrogen functional groups attached to an aromatic ring is 1. The van der Waals surface area contributed by atoms with E-state index in [1.807, 2.05) is 0 Å². The van der Waals surface area contributed by atoms with E-state index in [0.29, 0.717) is 23.8 Å². The SMILES string of the molecule is COc1cc(N)c(Cl)cc1C(=O)OCC(=O)NN1C(=O)NC2(CCC(C)CC2)C1=O. The van der Waals surface area contributed by atoms with Gasteiger partial charge in [-0.2, -0.15) is 5.01 Å². The Bertz CT molecular complexity index is 897. The van der Waals surface area contributed by atoms with Crippen LogP contribution in [0.5, 0.6) is 5.75 Å². The van der Waals surface area contributed by atoms with E-state index in [9.17, 15) is 19.2 Å². The number of anilines is 1. The second-order valence-corrected chi connectivity index (χ2v) is 7.93. The van der Waals surface area contributed by atoms with Crippen LogP contribution in [0.1, 0.15) is 43.0 Å². The molecule has 1 aliphatic carbocycles. The maximum Gasteiger partial charge on any atom is 0.344 e. The lowest BCUT2D eigenvalue weighted by molar-refractivity contribution is -0.141. The van der Waals surface area contributed by atoms with E-state index in [1.165, 1.54) is 19.2 Å². The Labute approximate surface area is 178 Å². The summed E-state index contributed by atoms with van der Waals surface area (Å²) in [5.74, 6) is -1.62. The van der Waals surface area contributed by atoms with Gasteiger partial charge in [0, 0.05) is 6.07 Å². The summed E-state index contributed by atoms with van der Waals surface area (Å²) in [6, 6.07) is 1.92. The Hall–Kier alpha value is -3.01. The minimum Gasteiger partial charge on any atom is -0.496 e. The molecule has 30 heavy (non-hydrogen) atoms. The zero-order valence-electron chi connectivity index (χ0n) is 16.6. The lowest BCUT2D eigenvalue weighted by atomic mass is 9.77. The fraction of sp³-hybridized carbons (Fsp3) is 0.474. The summed E-state index contributed by atoms with van der Waals surface area (Å²) >= 11 is 5.92. The number of hydrazine groups is 1. The number of carbonyl (C=O) groups is 4. The molecule has 1 aromatic rings. The largest absolute Gasteiger partial charge is 0.496 e. The lowest BCUT2D eigenvalue weighted by Gasteiger charge is -2.33. The number of nitrogens with one attached hydrogen (secondary N) is 2. The summed E-state index contributed by atoms with van der Waals surface area (Å²) in [6.45, 7) is 1.37. The number of hydrogen-bond acceptors (Lipinski definition) is 7. The smallest absolute Gasteiger partial charge is 0.344 e. The molecule has 162 valence electrons. The Kier molecular flexibility index (Phi) is 6.06. The molecular formula is C19H23ClN4O6. The Balaban J connectivity index is 1.60. The first-order valence-electron chi connectivity index (χ1n) is 9.43. The molecule has 3 rings (SSSR count). The number of carbonyl (C=O) groups excluding carboxylic acids is 4. The number of ether oxygens (including phenoxy) is 2. The molecule has 10 nitrogen and oxygen atoms in total. The minimum atomic E-state index is -0.984. The molecule has 0 aromatic heterocycles. The number of hydrogen-bond donors (Lipinski definition) is 3. The molecule has 4 amide bonds. The van der Waals surface area contributed by atoms with Crippen LogP contribution in [0.25, 0.3) is 0 Å².